The quantitative estimate of drug-likeness (QED) is 0.621. The van der Waals surface area contributed by atoms with Crippen molar-refractivity contribution in [2.45, 2.75) is 26.4 Å². The molecule has 0 bridgehead atoms. The third-order valence-corrected chi connectivity index (χ3v) is 6.60. The highest BCUT2D eigenvalue weighted by Crippen LogP contribution is 2.28. The van der Waals surface area contributed by atoms with Crippen molar-refractivity contribution < 1.29 is 18.0 Å². The van der Waals surface area contributed by atoms with Gasteiger partial charge in [-0.25, -0.2) is 8.42 Å². The van der Waals surface area contributed by atoms with Crippen LogP contribution in [0.1, 0.15) is 18.1 Å². The Balaban J connectivity index is 2.40. The number of nitrogens with one attached hydrogen (secondary N) is 1. The van der Waals surface area contributed by atoms with E-state index < -0.39 is 28.5 Å². The molecule has 2 amide bonds. The molecule has 0 radical (unpaired) electrons. The first kappa shape index (κ1) is 25.0. The zero-order chi connectivity index (χ0) is 23.3. The van der Waals surface area contributed by atoms with Gasteiger partial charge in [0.1, 0.15) is 12.6 Å². The molecule has 1 N–H and O–H groups in total. The highest BCUT2D eigenvalue weighted by atomic mass is 35.5. The molecule has 168 valence electrons. The summed E-state index contributed by atoms with van der Waals surface area (Å²) >= 11 is 12.0. The molecule has 7 nitrogen and oxygen atoms in total. The van der Waals surface area contributed by atoms with Gasteiger partial charge in [-0.2, -0.15) is 0 Å². The Morgan fingerprint density at radius 3 is 2.32 bits per heavy atom. The van der Waals surface area contributed by atoms with Crippen LogP contribution in [-0.2, 0) is 26.2 Å². The average molecular weight is 486 g/mol. The molecule has 0 heterocycles. The van der Waals surface area contributed by atoms with Crippen molar-refractivity contribution in [3.05, 3.63) is 63.6 Å². The number of sulfonamides is 1. The smallest absolute Gasteiger partial charge is 0.244 e. The molecule has 0 aliphatic heterocycles. The van der Waals surface area contributed by atoms with Gasteiger partial charge in [0, 0.05) is 13.6 Å². The van der Waals surface area contributed by atoms with E-state index in [1.54, 1.807) is 6.92 Å². The fourth-order valence-electron chi connectivity index (χ4n) is 3.05. The number of hydrogen-bond donors (Lipinski definition) is 1. The van der Waals surface area contributed by atoms with Crippen LogP contribution in [0, 0.1) is 6.92 Å². The number of halogens is 2. The van der Waals surface area contributed by atoms with Crippen molar-refractivity contribution in [3.8, 4) is 0 Å². The number of aryl methyl sites for hydroxylation is 1. The van der Waals surface area contributed by atoms with E-state index in [1.807, 2.05) is 31.2 Å². The summed E-state index contributed by atoms with van der Waals surface area (Å²) in [6, 6.07) is 11.0. The maximum Gasteiger partial charge on any atom is 0.244 e. The van der Waals surface area contributed by atoms with Crippen molar-refractivity contribution in [1.82, 2.24) is 10.2 Å². The number of nitrogens with zero attached hydrogens (tertiary/aromatic N) is 2. The number of benzene rings is 2. The monoisotopic (exact) mass is 485 g/mol. The van der Waals surface area contributed by atoms with Gasteiger partial charge in [0.05, 0.1) is 22.0 Å². The lowest BCUT2D eigenvalue weighted by molar-refractivity contribution is -0.139. The minimum atomic E-state index is -3.82. The molecular weight excluding hydrogens is 461 g/mol. The minimum Gasteiger partial charge on any atom is -0.357 e. The fourth-order valence-corrected chi connectivity index (χ4v) is 4.19. The minimum absolute atomic E-state index is 0.147. The SMILES string of the molecule is CNC(=O)[C@@H](C)N(Cc1cccc(C)c1)C(=O)CN(c1ccc(Cl)c(Cl)c1)S(C)(=O)=O. The summed E-state index contributed by atoms with van der Waals surface area (Å²) in [6.45, 7) is 3.17. The second kappa shape index (κ2) is 10.3. The molecule has 2 aromatic rings. The lowest BCUT2D eigenvalue weighted by atomic mass is 10.1. The molecule has 0 saturated carbocycles. The molecule has 2 aromatic carbocycles. The molecular formula is C21H25Cl2N3O4S. The highest BCUT2D eigenvalue weighted by Gasteiger charge is 2.29. The summed E-state index contributed by atoms with van der Waals surface area (Å²) in [5.74, 6) is -0.893. The van der Waals surface area contributed by atoms with Crippen molar-refractivity contribution in [1.29, 1.82) is 0 Å². The van der Waals surface area contributed by atoms with E-state index in [9.17, 15) is 18.0 Å². The van der Waals surface area contributed by atoms with Crippen molar-refractivity contribution >= 4 is 50.7 Å². The Morgan fingerprint density at radius 1 is 1.10 bits per heavy atom. The number of hydrogen-bond acceptors (Lipinski definition) is 4. The van der Waals surface area contributed by atoms with Crippen LogP contribution in [0.3, 0.4) is 0 Å². The molecule has 0 saturated heterocycles. The average Bonchev–Trinajstić information content (AvgIpc) is 2.70. The zero-order valence-electron chi connectivity index (χ0n) is 17.7. The Kier molecular flexibility index (Phi) is 8.34. The normalized spacial score (nSPS) is 12.2. The maximum absolute atomic E-state index is 13.3. The second-order valence-electron chi connectivity index (χ2n) is 7.17. The topological polar surface area (TPSA) is 86.8 Å². The number of amides is 2. The lowest BCUT2D eigenvalue weighted by Crippen LogP contribution is -2.50. The first-order valence-electron chi connectivity index (χ1n) is 9.43. The van der Waals surface area contributed by atoms with Gasteiger partial charge >= 0.3 is 0 Å². The molecule has 1 atom stereocenters. The van der Waals surface area contributed by atoms with E-state index in [2.05, 4.69) is 5.32 Å². The molecule has 0 aromatic heterocycles. The summed E-state index contributed by atoms with van der Waals surface area (Å²) < 4.78 is 25.8. The second-order valence-corrected chi connectivity index (χ2v) is 9.89. The largest absolute Gasteiger partial charge is 0.357 e. The molecule has 0 aliphatic rings. The number of carbonyl (C=O) groups is 2. The first-order chi connectivity index (χ1) is 14.4. The van der Waals surface area contributed by atoms with Gasteiger partial charge in [0.15, 0.2) is 0 Å². The molecule has 0 fully saturated rings. The van der Waals surface area contributed by atoms with Gasteiger partial charge in [0.2, 0.25) is 21.8 Å². The van der Waals surface area contributed by atoms with Gasteiger partial charge in [-0.05, 0) is 37.6 Å². The van der Waals surface area contributed by atoms with E-state index >= 15 is 0 Å². The summed E-state index contributed by atoms with van der Waals surface area (Å²) in [7, 11) is -2.34. The van der Waals surface area contributed by atoms with Gasteiger partial charge in [-0.1, -0.05) is 53.0 Å². The van der Waals surface area contributed by atoms with Crippen LogP contribution in [-0.4, -0.2) is 51.0 Å². The Labute approximate surface area is 193 Å². The Hall–Kier alpha value is -2.29. The number of likely N-dealkylation sites (N-methyl/N-ethyl adjacent to an activating group) is 1. The third-order valence-electron chi connectivity index (χ3n) is 4.72. The molecule has 2 rings (SSSR count). The van der Waals surface area contributed by atoms with Gasteiger partial charge in [-0.3, -0.25) is 13.9 Å². The molecule has 31 heavy (non-hydrogen) atoms. The van der Waals surface area contributed by atoms with Crippen molar-refractivity contribution in [2.24, 2.45) is 0 Å². The fraction of sp³-hybridized carbons (Fsp3) is 0.333. The third kappa shape index (κ3) is 6.59. The van der Waals surface area contributed by atoms with Crippen LogP contribution in [0.25, 0.3) is 0 Å². The Bertz CT molecular complexity index is 1080. The number of rotatable bonds is 8. The van der Waals surface area contributed by atoms with Crippen molar-refractivity contribution in [2.75, 3.05) is 24.2 Å². The van der Waals surface area contributed by atoms with Crippen molar-refractivity contribution in [3.63, 3.8) is 0 Å². The zero-order valence-corrected chi connectivity index (χ0v) is 20.1. The van der Waals surface area contributed by atoms with Gasteiger partial charge < -0.3 is 10.2 Å². The molecule has 0 aliphatic carbocycles. The predicted octanol–water partition coefficient (Wildman–Crippen LogP) is 3.23. The first-order valence-corrected chi connectivity index (χ1v) is 12.0. The van der Waals surface area contributed by atoms with Crippen LogP contribution < -0.4 is 9.62 Å². The van der Waals surface area contributed by atoms with Crippen LogP contribution >= 0.6 is 23.2 Å². The standard InChI is InChI=1S/C21H25Cl2N3O4S/c1-14-6-5-7-16(10-14)12-25(15(2)21(28)24-3)20(27)13-26(31(4,29)30)17-8-9-18(22)19(23)11-17/h5-11,15H,12-13H2,1-4H3,(H,24,28)/t15-/m1/s1. The number of anilines is 1. The van der Waals surface area contributed by atoms with E-state index in [0.29, 0.717) is 0 Å². The van der Waals surface area contributed by atoms with E-state index in [-0.39, 0.29) is 28.2 Å². The molecule has 10 heteroatoms. The summed E-state index contributed by atoms with van der Waals surface area (Å²) in [4.78, 5) is 26.9. The summed E-state index contributed by atoms with van der Waals surface area (Å²) in [6.07, 6.45) is 0.996. The summed E-state index contributed by atoms with van der Waals surface area (Å²) in [5.41, 5.74) is 2.03. The van der Waals surface area contributed by atoms with E-state index in [4.69, 9.17) is 23.2 Å². The lowest BCUT2D eigenvalue weighted by Gasteiger charge is -2.31. The van der Waals surface area contributed by atoms with Crippen LogP contribution in [0.5, 0.6) is 0 Å². The van der Waals surface area contributed by atoms with Gasteiger partial charge in [0.25, 0.3) is 0 Å². The van der Waals surface area contributed by atoms with Crippen LogP contribution in [0.4, 0.5) is 5.69 Å². The van der Waals surface area contributed by atoms with E-state index in [1.165, 1.54) is 30.1 Å². The molecule has 0 spiro atoms. The van der Waals surface area contributed by atoms with Gasteiger partial charge in [-0.15, -0.1) is 0 Å². The summed E-state index contributed by atoms with van der Waals surface area (Å²) in [5, 5.41) is 2.96. The van der Waals surface area contributed by atoms with Crippen LogP contribution in [0.15, 0.2) is 42.5 Å². The number of carbonyl (C=O) groups excluding carboxylic acids is 2. The van der Waals surface area contributed by atoms with E-state index in [0.717, 1.165) is 21.7 Å². The predicted molar refractivity (Wildman–Crippen MR) is 124 cm³/mol. The molecule has 0 unspecified atom stereocenters. The maximum atomic E-state index is 13.3. The Morgan fingerprint density at radius 2 is 1.77 bits per heavy atom. The van der Waals surface area contributed by atoms with Crippen LogP contribution in [0.2, 0.25) is 10.0 Å². The highest BCUT2D eigenvalue weighted by molar-refractivity contribution is 7.92.